The summed E-state index contributed by atoms with van der Waals surface area (Å²) in [7, 11) is 0. The van der Waals surface area contributed by atoms with E-state index in [9.17, 15) is 0 Å². The summed E-state index contributed by atoms with van der Waals surface area (Å²) in [6, 6.07) is 0. The zero-order valence-corrected chi connectivity index (χ0v) is 13.3. The first-order valence-electron chi connectivity index (χ1n) is 7.87. The molecule has 21 heavy (non-hydrogen) atoms. The summed E-state index contributed by atoms with van der Waals surface area (Å²) in [6.45, 7) is 7.72. The monoisotopic (exact) mass is 308 g/mol. The van der Waals surface area contributed by atoms with E-state index in [-0.39, 0.29) is 0 Å². The summed E-state index contributed by atoms with van der Waals surface area (Å²) in [5, 5.41) is 13.3. The highest BCUT2D eigenvalue weighted by Gasteiger charge is 2.24. The lowest BCUT2D eigenvalue weighted by Crippen LogP contribution is -2.28. The molecule has 0 amide bonds. The molecule has 1 aromatic heterocycles. The minimum absolute atomic E-state index is 0.381. The normalized spacial score (nSPS) is 23.5. The third kappa shape index (κ3) is 3.67. The van der Waals surface area contributed by atoms with Gasteiger partial charge < -0.3 is 14.6 Å². The van der Waals surface area contributed by atoms with Gasteiger partial charge in [-0.15, -0.1) is 16.8 Å². The number of rotatable bonds is 6. The molecule has 0 bridgehead atoms. The molecular weight excluding hydrogens is 284 g/mol. The molecule has 1 aromatic rings. The van der Waals surface area contributed by atoms with Crippen molar-refractivity contribution in [3.05, 3.63) is 18.5 Å². The highest BCUT2D eigenvalue weighted by molar-refractivity contribution is 7.99. The van der Waals surface area contributed by atoms with Crippen LogP contribution in [0.3, 0.4) is 0 Å². The summed E-state index contributed by atoms with van der Waals surface area (Å²) < 4.78 is 7.93. The highest BCUT2D eigenvalue weighted by atomic mass is 32.2. The average molecular weight is 308 g/mol. The lowest BCUT2D eigenvalue weighted by molar-refractivity contribution is 0.129. The maximum absolute atomic E-state index is 5.69. The summed E-state index contributed by atoms with van der Waals surface area (Å²) in [5.41, 5.74) is 0. The standard InChI is InChI=1S/C15H24N4OS/c1-2-9-19-14(12-5-7-16-8-6-12)17-18-15(19)21-11-13-4-3-10-20-13/h2,12-13,16H,1,3-11H2/t13-/m1/s1. The Balaban J connectivity index is 1.69. The molecule has 2 saturated heterocycles. The molecular formula is C15H24N4OS. The van der Waals surface area contributed by atoms with Crippen LogP contribution in [-0.2, 0) is 11.3 Å². The Morgan fingerprint density at radius 2 is 2.19 bits per heavy atom. The quantitative estimate of drug-likeness (QED) is 0.645. The van der Waals surface area contributed by atoms with E-state index in [1.165, 1.54) is 12.8 Å². The number of thioether (sulfide) groups is 1. The van der Waals surface area contributed by atoms with Crippen molar-refractivity contribution in [2.75, 3.05) is 25.4 Å². The van der Waals surface area contributed by atoms with Crippen LogP contribution in [0.15, 0.2) is 17.8 Å². The number of nitrogens with zero attached hydrogens (tertiary/aromatic N) is 3. The second-order valence-electron chi connectivity index (χ2n) is 5.71. The van der Waals surface area contributed by atoms with Crippen LogP contribution in [0.2, 0.25) is 0 Å². The van der Waals surface area contributed by atoms with Crippen LogP contribution in [0.25, 0.3) is 0 Å². The van der Waals surface area contributed by atoms with E-state index in [0.29, 0.717) is 12.0 Å². The van der Waals surface area contributed by atoms with E-state index in [1.54, 1.807) is 11.8 Å². The molecule has 2 aliphatic rings. The summed E-state index contributed by atoms with van der Waals surface area (Å²) >= 11 is 1.77. The van der Waals surface area contributed by atoms with Crippen LogP contribution in [0.4, 0.5) is 0 Å². The number of hydrogen-bond acceptors (Lipinski definition) is 5. The Hall–Kier alpha value is -0.850. The molecule has 0 unspecified atom stereocenters. The Morgan fingerprint density at radius 3 is 2.90 bits per heavy atom. The molecule has 0 aliphatic carbocycles. The molecule has 2 fully saturated rings. The molecule has 0 spiro atoms. The first-order valence-corrected chi connectivity index (χ1v) is 8.86. The van der Waals surface area contributed by atoms with Crippen molar-refractivity contribution in [2.45, 2.75) is 49.4 Å². The summed E-state index contributed by atoms with van der Waals surface area (Å²) in [6.07, 6.45) is 6.96. The molecule has 1 N–H and O–H groups in total. The van der Waals surface area contributed by atoms with Crippen LogP contribution >= 0.6 is 11.8 Å². The molecule has 6 heteroatoms. The Morgan fingerprint density at radius 1 is 1.33 bits per heavy atom. The number of piperidine rings is 1. The minimum atomic E-state index is 0.381. The van der Waals surface area contributed by atoms with Gasteiger partial charge in [0.05, 0.1) is 6.10 Å². The maximum Gasteiger partial charge on any atom is 0.191 e. The average Bonchev–Trinajstić information content (AvgIpc) is 3.16. The fourth-order valence-corrected chi connectivity index (χ4v) is 4.05. The largest absolute Gasteiger partial charge is 0.377 e. The number of allylic oxidation sites excluding steroid dienone is 1. The van der Waals surface area contributed by atoms with Crippen LogP contribution in [-0.4, -0.2) is 46.3 Å². The fraction of sp³-hybridized carbons (Fsp3) is 0.733. The maximum atomic E-state index is 5.69. The Kier molecular flexibility index (Phi) is 5.32. The molecule has 3 heterocycles. The van der Waals surface area contributed by atoms with Gasteiger partial charge in [0, 0.05) is 24.8 Å². The zero-order valence-electron chi connectivity index (χ0n) is 12.5. The topological polar surface area (TPSA) is 52.0 Å². The third-order valence-electron chi connectivity index (χ3n) is 4.18. The molecule has 0 aromatic carbocycles. The van der Waals surface area contributed by atoms with Gasteiger partial charge in [-0.1, -0.05) is 17.8 Å². The van der Waals surface area contributed by atoms with Gasteiger partial charge in [0.15, 0.2) is 5.16 Å². The Labute approximate surface area is 130 Å². The van der Waals surface area contributed by atoms with Crippen LogP contribution in [0.1, 0.15) is 37.4 Å². The molecule has 5 nitrogen and oxygen atoms in total. The van der Waals surface area contributed by atoms with E-state index >= 15 is 0 Å². The van der Waals surface area contributed by atoms with Crippen molar-refractivity contribution >= 4 is 11.8 Å². The lowest BCUT2D eigenvalue weighted by Gasteiger charge is -2.22. The third-order valence-corrected chi connectivity index (χ3v) is 5.28. The second-order valence-corrected chi connectivity index (χ2v) is 6.70. The van der Waals surface area contributed by atoms with Crippen molar-refractivity contribution < 1.29 is 4.74 Å². The zero-order chi connectivity index (χ0) is 14.5. The molecule has 3 rings (SSSR count). The van der Waals surface area contributed by atoms with Gasteiger partial charge in [-0.25, -0.2) is 0 Å². The predicted molar refractivity (Wildman–Crippen MR) is 84.8 cm³/mol. The van der Waals surface area contributed by atoms with Gasteiger partial charge >= 0.3 is 0 Å². The van der Waals surface area contributed by atoms with Gasteiger partial charge in [0.2, 0.25) is 0 Å². The van der Waals surface area contributed by atoms with Crippen molar-refractivity contribution in [1.29, 1.82) is 0 Å². The fourth-order valence-electron chi connectivity index (χ4n) is 3.03. The van der Waals surface area contributed by atoms with Crippen molar-refractivity contribution in [2.24, 2.45) is 0 Å². The number of nitrogens with one attached hydrogen (secondary N) is 1. The van der Waals surface area contributed by atoms with Crippen LogP contribution < -0.4 is 5.32 Å². The van der Waals surface area contributed by atoms with Crippen LogP contribution in [0, 0.1) is 0 Å². The van der Waals surface area contributed by atoms with E-state index in [2.05, 4.69) is 26.7 Å². The number of ether oxygens (including phenoxy) is 1. The van der Waals surface area contributed by atoms with Gasteiger partial charge in [-0.2, -0.15) is 0 Å². The smallest absolute Gasteiger partial charge is 0.191 e. The lowest BCUT2D eigenvalue weighted by atomic mass is 9.97. The minimum Gasteiger partial charge on any atom is -0.377 e. The van der Waals surface area contributed by atoms with Crippen molar-refractivity contribution in [3.8, 4) is 0 Å². The van der Waals surface area contributed by atoms with Crippen LogP contribution in [0.5, 0.6) is 0 Å². The number of aromatic nitrogens is 3. The van der Waals surface area contributed by atoms with Gasteiger partial charge in [-0.05, 0) is 38.8 Å². The number of hydrogen-bond donors (Lipinski definition) is 1. The SMILES string of the molecule is C=CCn1c(SC[C@H]2CCCO2)nnc1C1CCNCC1. The highest BCUT2D eigenvalue weighted by Crippen LogP contribution is 2.28. The van der Waals surface area contributed by atoms with Gasteiger partial charge in [-0.3, -0.25) is 0 Å². The first-order chi connectivity index (χ1) is 10.4. The molecule has 1 atom stereocenters. The van der Waals surface area contributed by atoms with E-state index in [1.807, 2.05) is 6.08 Å². The van der Waals surface area contributed by atoms with Gasteiger partial charge in [0.1, 0.15) is 5.82 Å². The molecule has 2 aliphatic heterocycles. The summed E-state index contributed by atoms with van der Waals surface area (Å²) in [5.74, 6) is 2.63. The van der Waals surface area contributed by atoms with E-state index < -0.39 is 0 Å². The Bertz CT molecular complexity index is 464. The second kappa shape index (κ2) is 7.42. The molecule has 116 valence electrons. The van der Waals surface area contributed by atoms with Crippen molar-refractivity contribution in [3.63, 3.8) is 0 Å². The molecule has 0 saturated carbocycles. The molecule has 0 radical (unpaired) electrons. The van der Waals surface area contributed by atoms with E-state index in [0.717, 1.165) is 55.8 Å². The van der Waals surface area contributed by atoms with Crippen molar-refractivity contribution in [1.82, 2.24) is 20.1 Å². The van der Waals surface area contributed by atoms with E-state index in [4.69, 9.17) is 4.74 Å². The first kappa shape index (κ1) is 15.1. The predicted octanol–water partition coefficient (Wildman–Crippen LogP) is 2.20. The van der Waals surface area contributed by atoms with Gasteiger partial charge in [0.25, 0.3) is 0 Å². The summed E-state index contributed by atoms with van der Waals surface area (Å²) in [4.78, 5) is 0.